The first-order valence-electron chi connectivity index (χ1n) is 5.93. The van der Waals surface area contributed by atoms with Gasteiger partial charge in [0.2, 0.25) is 5.91 Å². The fourth-order valence-corrected chi connectivity index (χ4v) is 1.84. The number of halogens is 2. The van der Waals surface area contributed by atoms with E-state index >= 15 is 0 Å². The van der Waals surface area contributed by atoms with E-state index in [-0.39, 0.29) is 0 Å². The van der Waals surface area contributed by atoms with Crippen LogP contribution < -0.4 is 15.5 Å². The molecule has 0 bridgehead atoms. The van der Waals surface area contributed by atoms with Crippen molar-refractivity contribution in [3.8, 4) is 0 Å². The van der Waals surface area contributed by atoms with Crippen LogP contribution in [0.2, 0.25) is 0 Å². The van der Waals surface area contributed by atoms with Gasteiger partial charge in [0.15, 0.2) is 0 Å². The van der Waals surface area contributed by atoms with Gasteiger partial charge in [0.05, 0.1) is 24.5 Å². The van der Waals surface area contributed by atoms with Crippen LogP contribution in [0.1, 0.15) is 6.42 Å². The fraction of sp³-hybridized carbons (Fsp3) is 0.500. The van der Waals surface area contributed by atoms with Crippen molar-refractivity contribution in [2.45, 2.75) is 18.4 Å². The second-order valence-corrected chi connectivity index (χ2v) is 4.78. The summed E-state index contributed by atoms with van der Waals surface area (Å²) in [6.07, 6.45) is 1.13. The number of carbonyl (C=O) groups is 1. The predicted octanol–water partition coefficient (Wildman–Crippen LogP) is 1.08. The van der Waals surface area contributed by atoms with Gasteiger partial charge < -0.3 is 10.2 Å². The van der Waals surface area contributed by atoms with E-state index in [4.69, 9.17) is 0 Å². The summed E-state index contributed by atoms with van der Waals surface area (Å²) in [6, 6.07) is 2.56. The molecule has 0 aliphatic carbocycles. The second-order valence-electron chi connectivity index (χ2n) is 4.78. The van der Waals surface area contributed by atoms with E-state index in [1.54, 1.807) is 18.3 Å². The number of anilines is 2. The van der Waals surface area contributed by atoms with Gasteiger partial charge in [0.25, 0.3) is 5.92 Å². The molecule has 1 saturated heterocycles. The minimum atomic E-state index is -2.82. The first-order valence-corrected chi connectivity index (χ1v) is 5.93. The van der Waals surface area contributed by atoms with Gasteiger partial charge in [-0.15, -0.1) is 0 Å². The molecular formula is C12H16F2N4O. The first kappa shape index (κ1) is 13.7. The summed E-state index contributed by atoms with van der Waals surface area (Å²) in [4.78, 5) is 17.7. The number of pyridine rings is 1. The lowest BCUT2D eigenvalue weighted by Crippen LogP contribution is -2.35. The van der Waals surface area contributed by atoms with Gasteiger partial charge in [-0.2, -0.15) is 0 Å². The maximum Gasteiger partial charge on any atom is 0.262 e. The Kier molecular flexibility index (Phi) is 3.66. The van der Waals surface area contributed by atoms with Crippen molar-refractivity contribution in [1.29, 1.82) is 0 Å². The third-order valence-electron chi connectivity index (χ3n) is 2.94. The fourth-order valence-electron chi connectivity index (χ4n) is 1.84. The highest BCUT2D eigenvalue weighted by molar-refractivity contribution is 5.94. The van der Waals surface area contributed by atoms with Crippen molar-refractivity contribution < 1.29 is 13.6 Å². The molecule has 1 aliphatic rings. The second kappa shape index (κ2) is 5.08. The molecule has 1 unspecified atom stereocenters. The van der Waals surface area contributed by atoms with Crippen LogP contribution in [0.25, 0.3) is 0 Å². The van der Waals surface area contributed by atoms with Crippen molar-refractivity contribution >= 4 is 17.4 Å². The standard InChI is InChI=1S/C12H16F2N4O/c1-18(2)8-3-4-10(15-6-8)17-11(19)9-5-12(13,14)7-16-9/h3-4,6,9,16H,5,7H2,1-2H3,(H,15,17,19). The molecule has 2 rings (SSSR count). The third-order valence-corrected chi connectivity index (χ3v) is 2.94. The van der Waals surface area contributed by atoms with Crippen LogP contribution in [0, 0.1) is 0 Å². The zero-order valence-corrected chi connectivity index (χ0v) is 10.8. The lowest BCUT2D eigenvalue weighted by molar-refractivity contribution is -0.118. The van der Waals surface area contributed by atoms with Crippen LogP contribution in [-0.4, -0.2) is 43.5 Å². The lowest BCUT2D eigenvalue weighted by Gasteiger charge is -2.13. The minimum absolute atomic E-state index is 0.354. The Bertz CT molecular complexity index is 461. The Morgan fingerprint density at radius 3 is 2.74 bits per heavy atom. The molecule has 1 amide bonds. The highest BCUT2D eigenvalue weighted by Crippen LogP contribution is 2.25. The maximum atomic E-state index is 13.0. The Morgan fingerprint density at radius 2 is 2.26 bits per heavy atom. The molecule has 1 fully saturated rings. The van der Waals surface area contributed by atoms with E-state index < -0.39 is 30.8 Å². The van der Waals surface area contributed by atoms with E-state index in [1.807, 2.05) is 19.0 Å². The summed E-state index contributed by atoms with van der Waals surface area (Å²) < 4.78 is 25.9. The molecule has 1 aromatic heterocycles. The summed E-state index contributed by atoms with van der Waals surface area (Å²) in [5, 5.41) is 5.02. The molecule has 2 heterocycles. The monoisotopic (exact) mass is 270 g/mol. The summed E-state index contributed by atoms with van der Waals surface area (Å²) >= 11 is 0. The number of hydrogen-bond acceptors (Lipinski definition) is 4. The van der Waals surface area contributed by atoms with Crippen LogP contribution in [-0.2, 0) is 4.79 Å². The van der Waals surface area contributed by atoms with Crippen molar-refractivity contribution in [2.75, 3.05) is 30.9 Å². The zero-order valence-electron chi connectivity index (χ0n) is 10.8. The van der Waals surface area contributed by atoms with Crippen molar-refractivity contribution in [3.05, 3.63) is 18.3 Å². The maximum absolute atomic E-state index is 13.0. The quantitative estimate of drug-likeness (QED) is 0.863. The molecule has 5 nitrogen and oxygen atoms in total. The molecule has 19 heavy (non-hydrogen) atoms. The largest absolute Gasteiger partial charge is 0.376 e. The van der Waals surface area contributed by atoms with Gasteiger partial charge in [-0.05, 0) is 12.1 Å². The number of rotatable bonds is 3. The van der Waals surface area contributed by atoms with Crippen molar-refractivity contribution in [2.24, 2.45) is 0 Å². The molecule has 0 radical (unpaired) electrons. The van der Waals surface area contributed by atoms with Gasteiger partial charge in [0.1, 0.15) is 5.82 Å². The van der Waals surface area contributed by atoms with Crippen LogP contribution >= 0.6 is 0 Å². The average Bonchev–Trinajstić information content (AvgIpc) is 2.70. The van der Waals surface area contributed by atoms with Gasteiger partial charge in [-0.25, -0.2) is 13.8 Å². The molecule has 0 aromatic carbocycles. The van der Waals surface area contributed by atoms with E-state index in [0.29, 0.717) is 5.82 Å². The summed E-state index contributed by atoms with van der Waals surface area (Å²) in [5.41, 5.74) is 0.892. The Labute approximate surface area is 110 Å². The molecule has 0 spiro atoms. The number of nitrogens with one attached hydrogen (secondary N) is 2. The molecule has 1 aliphatic heterocycles. The molecule has 7 heteroatoms. The van der Waals surface area contributed by atoms with Gasteiger partial charge >= 0.3 is 0 Å². The highest BCUT2D eigenvalue weighted by atomic mass is 19.3. The molecule has 1 aromatic rings. The number of aromatic nitrogens is 1. The normalized spacial score (nSPS) is 21.2. The van der Waals surface area contributed by atoms with Crippen molar-refractivity contribution in [1.82, 2.24) is 10.3 Å². The molecular weight excluding hydrogens is 254 g/mol. The predicted molar refractivity (Wildman–Crippen MR) is 68.5 cm³/mol. The minimum Gasteiger partial charge on any atom is -0.376 e. The molecule has 0 saturated carbocycles. The van der Waals surface area contributed by atoms with E-state index in [1.165, 1.54) is 0 Å². The highest BCUT2D eigenvalue weighted by Gasteiger charge is 2.42. The van der Waals surface area contributed by atoms with Gasteiger partial charge in [-0.1, -0.05) is 0 Å². The first-order chi connectivity index (χ1) is 8.87. The van der Waals surface area contributed by atoms with Gasteiger partial charge in [0, 0.05) is 20.5 Å². The summed E-state index contributed by atoms with van der Waals surface area (Å²) in [5.74, 6) is -2.94. The van der Waals surface area contributed by atoms with Crippen LogP contribution in [0.5, 0.6) is 0 Å². The Hall–Kier alpha value is -1.76. The molecule has 2 N–H and O–H groups in total. The zero-order chi connectivity index (χ0) is 14.0. The van der Waals surface area contributed by atoms with E-state index in [2.05, 4.69) is 15.6 Å². The summed E-state index contributed by atoms with van der Waals surface area (Å²) in [7, 11) is 3.75. The topological polar surface area (TPSA) is 57.3 Å². The number of nitrogens with zero attached hydrogens (tertiary/aromatic N) is 2. The Balaban J connectivity index is 1.96. The molecule has 1 atom stereocenters. The SMILES string of the molecule is CN(C)c1ccc(NC(=O)C2CC(F)(F)CN2)nc1. The van der Waals surface area contributed by atoms with E-state index in [0.717, 1.165) is 5.69 Å². The Morgan fingerprint density at radius 1 is 1.53 bits per heavy atom. The number of alkyl halides is 2. The number of carbonyl (C=O) groups excluding carboxylic acids is 1. The smallest absolute Gasteiger partial charge is 0.262 e. The lowest BCUT2D eigenvalue weighted by atomic mass is 10.2. The van der Waals surface area contributed by atoms with Gasteiger partial charge in [-0.3, -0.25) is 10.1 Å². The average molecular weight is 270 g/mol. The van der Waals surface area contributed by atoms with Crippen LogP contribution in [0.15, 0.2) is 18.3 Å². The van der Waals surface area contributed by atoms with Crippen LogP contribution in [0.3, 0.4) is 0 Å². The van der Waals surface area contributed by atoms with Crippen molar-refractivity contribution in [3.63, 3.8) is 0 Å². The number of amides is 1. The molecule has 104 valence electrons. The number of hydrogen-bond donors (Lipinski definition) is 2. The van der Waals surface area contributed by atoms with Crippen LogP contribution in [0.4, 0.5) is 20.3 Å². The summed E-state index contributed by atoms with van der Waals surface area (Å²) in [6.45, 7) is -0.460. The third kappa shape index (κ3) is 3.37. The van der Waals surface area contributed by atoms with E-state index in [9.17, 15) is 13.6 Å².